The van der Waals surface area contributed by atoms with Gasteiger partial charge in [-0.2, -0.15) is 5.26 Å². The number of nitrogens with zero attached hydrogens (tertiary/aromatic N) is 2. The average molecular weight is 342 g/mol. The van der Waals surface area contributed by atoms with Crippen LogP contribution in [0.4, 0.5) is 5.69 Å². The maximum atomic E-state index is 10.3. The molecule has 0 fully saturated rings. The molecule has 0 saturated heterocycles. The van der Waals surface area contributed by atoms with Crippen LogP contribution in [0, 0.1) is 11.3 Å². The minimum atomic E-state index is -0.530. The average Bonchev–Trinajstić information content (AvgIpc) is 2.60. The first kappa shape index (κ1) is 16.8. The van der Waals surface area contributed by atoms with Crippen molar-refractivity contribution in [1.29, 1.82) is 5.26 Å². The molecule has 0 amide bonds. The maximum absolute atomic E-state index is 10.3. The number of nitrogens with one attached hydrogen (secondary N) is 1. The summed E-state index contributed by atoms with van der Waals surface area (Å²) < 4.78 is 0. The largest absolute Gasteiger partial charge is 0.390 e. The molecule has 1 aliphatic heterocycles. The molecule has 124 valence electrons. The molecule has 1 heterocycles. The van der Waals surface area contributed by atoms with Crippen LogP contribution in [0.5, 0.6) is 0 Å². The van der Waals surface area contributed by atoms with Crippen molar-refractivity contribution >= 4 is 17.3 Å². The van der Waals surface area contributed by atoms with Crippen molar-refractivity contribution in [2.24, 2.45) is 0 Å². The van der Waals surface area contributed by atoms with Crippen LogP contribution in [0.1, 0.15) is 16.7 Å². The molecule has 3 rings (SSSR count). The zero-order valence-electron chi connectivity index (χ0n) is 13.4. The summed E-state index contributed by atoms with van der Waals surface area (Å²) in [5.41, 5.74) is 3.81. The molecule has 0 bridgehead atoms. The van der Waals surface area contributed by atoms with Gasteiger partial charge in [0.15, 0.2) is 0 Å². The van der Waals surface area contributed by atoms with Gasteiger partial charge in [0, 0.05) is 26.2 Å². The predicted octanol–water partition coefficient (Wildman–Crippen LogP) is 3.04. The molecule has 1 atom stereocenters. The van der Waals surface area contributed by atoms with Crippen LogP contribution < -0.4 is 5.32 Å². The van der Waals surface area contributed by atoms with E-state index >= 15 is 0 Å². The lowest BCUT2D eigenvalue weighted by atomic mass is 10.00. The molecule has 2 N–H and O–H groups in total. The minimum Gasteiger partial charge on any atom is -0.390 e. The van der Waals surface area contributed by atoms with E-state index in [1.54, 1.807) is 18.2 Å². The second kappa shape index (κ2) is 7.67. The lowest BCUT2D eigenvalue weighted by Crippen LogP contribution is -2.39. The summed E-state index contributed by atoms with van der Waals surface area (Å²) in [5.74, 6) is 0. The second-order valence-corrected chi connectivity index (χ2v) is 6.47. The number of hydrogen-bond donors (Lipinski definition) is 2. The number of β-amino-alcohol motifs (C(OH)–C–C–N with tert-alkyl or cyclic N) is 1. The van der Waals surface area contributed by atoms with Gasteiger partial charge in [0.2, 0.25) is 0 Å². The summed E-state index contributed by atoms with van der Waals surface area (Å²) in [6, 6.07) is 15.8. The number of anilines is 1. The van der Waals surface area contributed by atoms with Crippen LogP contribution in [0.15, 0.2) is 42.5 Å². The summed E-state index contributed by atoms with van der Waals surface area (Å²) in [4.78, 5) is 2.26. The van der Waals surface area contributed by atoms with Gasteiger partial charge in [-0.25, -0.2) is 0 Å². The van der Waals surface area contributed by atoms with E-state index in [4.69, 9.17) is 16.9 Å². The zero-order chi connectivity index (χ0) is 16.9. The van der Waals surface area contributed by atoms with Crippen LogP contribution in [0.2, 0.25) is 5.02 Å². The highest BCUT2D eigenvalue weighted by Crippen LogP contribution is 2.25. The van der Waals surface area contributed by atoms with Crippen molar-refractivity contribution in [3.05, 3.63) is 64.2 Å². The van der Waals surface area contributed by atoms with E-state index in [-0.39, 0.29) is 0 Å². The first-order valence-corrected chi connectivity index (χ1v) is 8.45. The molecule has 0 spiro atoms. The predicted molar refractivity (Wildman–Crippen MR) is 96.1 cm³/mol. The van der Waals surface area contributed by atoms with Gasteiger partial charge in [-0.15, -0.1) is 0 Å². The fraction of sp³-hybridized carbons (Fsp3) is 0.316. The second-order valence-electron chi connectivity index (χ2n) is 6.06. The highest BCUT2D eigenvalue weighted by Gasteiger charge is 2.18. The third-order valence-electron chi connectivity index (χ3n) is 4.33. The quantitative estimate of drug-likeness (QED) is 0.877. The molecule has 2 aromatic rings. The van der Waals surface area contributed by atoms with E-state index in [1.165, 1.54) is 11.1 Å². The summed E-state index contributed by atoms with van der Waals surface area (Å²) in [5, 5.41) is 23.1. The van der Waals surface area contributed by atoms with E-state index < -0.39 is 6.10 Å². The van der Waals surface area contributed by atoms with Crippen molar-refractivity contribution in [2.75, 3.05) is 25.0 Å². The molecular weight excluding hydrogens is 322 g/mol. The Bertz CT molecular complexity index is 757. The molecule has 0 saturated carbocycles. The monoisotopic (exact) mass is 341 g/mol. The highest BCUT2D eigenvalue weighted by molar-refractivity contribution is 6.33. The Morgan fingerprint density at radius 3 is 2.79 bits per heavy atom. The maximum Gasteiger partial charge on any atom is 0.101 e. The third kappa shape index (κ3) is 3.88. The van der Waals surface area contributed by atoms with Crippen molar-refractivity contribution in [2.45, 2.75) is 19.1 Å². The Hall–Kier alpha value is -2.06. The number of hydrogen-bond acceptors (Lipinski definition) is 4. The Morgan fingerprint density at radius 1 is 1.21 bits per heavy atom. The number of halogens is 1. The molecule has 4 nitrogen and oxygen atoms in total. The molecule has 5 heteroatoms. The molecule has 1 unspecified atom stereocenters. The van der Waals surface area contributed by atoms with E-state index in [1.807, 2.05) is 0 Å². The van der Waals surface area contributed by atoms with Crippen LogP contribution in [0.3, 0.4) is 0 Å². The number of aliphatic hydroxyl groups excluding tert-OH is 1. The summed E-state index contributed by atoms with van der Waals surface area (Å²) in [6.07, 6.45) is 0.484. The number of aliphatic hydroxyl groups is 1. The lowest BCUT2D eigenvalue weighted by Gasteiger charge is -2.30. The van der Waals surface area contributed by atoms with Gasteiger partial charge in [-0.3, -0.25) is 4.90 Å². The van der Waals surface area contributed by atoms with Crippen molar-refractivity contribution < 1.29 is 5.11 Å². The van der Waals surface area contributed by atoms with E-state index in [0.29, 0.717) is 29.4 Å². The van der Waals surface area contributed by atoms with Gasteiger partial charge in [-0.1, -0.05) is 41.9 Å². The van der Waals surface area contributed by atoms with Crippen LogP contribution in [-0.4, -0.2) is 35.7 Å². The Morgan fingerprint density at radius 2 is 2.00 bits per heavy atom. The molecular formula is C19H20ClN3O. The summed E-state index contributed by atoms with van der Waals surface area (Å²) in [6.45, 7) is 2.76. The lowest BCUT2D eigenvalue weighted by molar-refractivity contribution is 0.114. The number of fused-ring (bicyclic) bond motifs is 1. The van der Waals surface area contributed by atoms with Crippen molar-refractivity contribution in [3.8, 4) is 6.07 Å². The minimum absolute atomic E-state index is 0.358. The van der Waals surface area contributed by atoms with E-state index in [9.17, 15) is 5.11 Å². The zero-order valence-corrected chi connectivity index (χ0v) is 14.1. The number of rotatable bonds is 5. The number of benzene rings is 2. The van der Waals surface area contributed by atoms with Crippen LogP contribution in [0.25, 0.3) is 0 Å². The van der Waals surface area contributed by atoms with Gasteiger partial charge in [0.05, 0.1) is 22.4 Å². The summed E-state index contributed by atoms with van der Waals surface area (Å²) in [7, 11) is 0. The van der Waals surface area contributed by atoms with Crippen LogP contribution in [-0.2, 0) is 13.0 Å². The Labute approximate surface area is 147 Å². The number of nitriles is 1. The number of para-hydroxylation sites is 1. The SMILES string of the molecule is N#Cc1cccc(Cl)c1NCC(O)CN1CCc2ccccc2C1. The molecule has 1 aliphatic rings. The normalized spacial score (nSPS) is 15.4. The Balaban J connectivity index is 1.56. The summed E-state index contributed by atoms with van der Waals surface area (Å²) >= 11 is 6.13. The van der Waals surface area contributed by atoms with Crippen molar-refractivity contribution in [1.82, 2.24) is 4.90 Å². The molecule has 2 aromatic carbocycles. The highest BCUT2D eigenvalue weighted by atomic mass is 35.5. The van der Waals surface area contributed by atoms with Gasteiger partial charge in [-0.05, 0) is 29.7 Å². The third-order valence-corrected chi connectivity index (χ3v) is 4.64. The molecule has 0 radical (unpaired) electrons. The first-order valence-electron chi connectivity index (χ1n) is 8.07. The van der Waals surface area contributed by atoms with Gasteiger partial charge >= 0.3 is 0 Å². The van der Waals surface area contributed by atoms with Gasteiger partial charge < -0.3 is 10.4 Å². The topological polar surface area (TPSA) is 59.3 Å². The fourth-order valence-corrected chi connectivity index (χ4v) is 3.33. The standard InChI is InChI=1S/C19H20ClN3O/c20-18-7-3-6-15(10-21)19(18)22-11-17(24)13-23-9-8-14-4-1-2-5-16(14)12-23/h1-7,17,22,24H,8-9,11-13H2. The smallest absolute Gasteiger partial charge is 0.101 e. The molecule has 0 aliphatic carbocycles. The Kier molecular flexibility index (Phi) is 5.37. The first-order chi connectivity index (χ1) is 11.7. The van der Waals surface area contributed by atoms with Gasteiger partial charge in [0.1, 0.15) is 6.07 Å². The molecule has 0 aromatic heterocycles. The van der Waals surface area contributed by atoms with Crippen molar-refractivity contribution in [3.63, 3.8) is 0 Å². The van der Waals surface area contributed by atoms with E-state index in [0.717, 1.165) is 19.5 Å². The van der Waals surface area contributed by atoms with Gasteiger partial charge in [0.25, 0.3) is 0 Å². The van der Waals surface area contributed by atoms with E-state index in [2.05, 4.69) is 40.6 Å². The van der Waals surface area contributed by atoms with Crippen LogP contribution >= 0.6 is 11.6 Å². The molecule has 24 heavy (non-hydrogen) atoms. The fourth-order valence-electron chi connectivity index (χ4n) is 3.09.